The average molecular weight is 278 g/mol. The highest BCUT2D eigenvalue weighted by molar-refractivity contribution is 8.01. The van der Waals surface area contributed by atoms with Crippen LogP contribution in [0.15, 0.2) is 29.6 Å². The highest BCUT2D eigenvalue weighted by Gasteiger charge is 2.14. The zero-order chi connectivity index (χ0) is 13.2. The first-order valence-corrected chi connectivity index (χ1v) is 7.93. The number of Topliss-reactive ketones (excluding diaryl/α,β-unsaturated/α-hetero) is 1. The van der Waals surface area contributed by atoms with E-state index in [1.54, 1.807) is 23.1 Å². The van der Waals surface area contributed by atoms with Crippen LogP contribution in [0.25, 0.3) is 10.1 Å². The van der Waals surface area contributed by atoms with Crippen LogP contribution in [-0.2, 0) is 11.2 Å². The van der Waals surface area contributed by atoms with Crippen molar-refractivity contribution in [1.82, 2.24) is 0 Å². The van der Waals surface area contributed by atoms with Gasteiger partial charge in [-0.05, 0) is 22.4 Å². The molecule has 0 unspecified atom stereocenters. The van der Waals surface area contributed by atoms with Crippen molar-refractivity contribution in [3.63, 3.8) is 0 Å². The number of rotatable bonds is 4. The van der Waals surface area contributed by atoms with Gasteiger partial charge in [0.25, 0.3) is 0 Å². The molecule has 1 aromatic heterocycles. The molecule has 0 radical (unpaired) electrons. The molecule has 1 heterocycles. The molecule has 0 fully saturated rings. The van der Waals surface area contributed by atoms with E-state index in [1.165, 1.54) is 15.6 Å². The number of hydrogen-bond acceptors (Lipinski definition) is 3. The highest BCUT2D eigenvalue weighted by atomic mass is 32.2. The van der Waals surface area contributed by atoms with Crippen molar-refractivity contribution in [2.24, 2.45) is 0 Å². The Bertz CT molecular complexity index is 549. The highest BCUT2D eigenvalue weighted by Crippen LogP contribution is 2.27. The summed E-state index contributed by atoms with van der Waals surface area (Å²) < 4.78 is 1.43. The maximum Gasteiger partial charge on any atom is 0.147 e. The van der Waals surface area contributed by atoms with E-state index >= 15 is 0 Å². The molecule has 2 rings (SSSR count). The number of fused-ring (bicyclic) bond motifs is 1. The van der Waals surface area contributed by atoms with Gasteiger partial charge in [0.15, 0.2) is 0 Å². The molecule has 1 nitrogen and oxygen atoms in total. The van der Waals surface area contributed by atoms with Gasteiger partial charge in [-0.15, -0.1) is 23.1 Å². The van der Waals surface area contributed by atoms with Gasteiger partial charge in [-0.25, -0.2) is 0 Å². The minimum Gasteiger partial charge on any atom is -0.298 e. The summed E-state index contributed by atoms with van der Waals surface area (Å²) in [6.07, 6.45) is 0.563. The average Bonchev–Trinajstić information content (AvgIpc) is 2.70. The van der Waals surface area contributed by atoms with Gasteiger partial charge in [-0.2, -0.15) is 0 Å². The van der Waals surface area contributed by atoms with Crippen LogP contribution in [0.3, 0.4) is 0 Å². The summed E-state index contributed by atoms with van der Waals surface area (Å²) in [5, 5.41) is 3.35. The van der Waals surface area contributed by atoms with E-state index in [9.17, 15) is 4.79 Å². The van der Waals surface area contributed by atoms with Gasteiger partial charge in [-0.3, -0.25) is 4.79 Å². The van der Waals surface area contributed by atoms with E-state index in [0.29, 0.717) is 18.0 Å². The predicted molar refractivity (Wildman–Crippen MR) is 82.7 cm³/mol. The number of benzene rings is 1. The van der Waals surface area contributed by atoms with E-state index in [4.69, 9.17) is 0 Å². The second-order valence-corrected chi connectivity index (χ2v) is 8.09. The van der Waals surface area contributed by atoms with E-state index in [1.807, 2.05) is 12.1 Å². The molecule has 0 amide bonds. The van der Waals surface area contributed by atoms with Crippen LogP contribution in [0, 0.1) is 0 Å². The first-order valence-electron chi connectivity index (χ1n) is 6.06. The maximum atomic E-state index is 12.0. The standard InChI is InChI=1S/C15H18OS2/c1-15(2,3)18-10-12(16)8-11-9-17-14-7-5-4-6-13(11)14/h4-7,9H,8,10H2,1-3H3. The molecule has 0 N–H and O–H groups in total. The lowest BCUT2D eigenvalue weighted by atomic mass is 10.1. The minimum atomic E-state index is 0.159. The Balaban J connectivity index is 2.03. The molecule has 0 saturated heterocycles. The van der Waals surface area contributed by atoms with Gasteiger partial charge in [0, 0.05) is 15.9 Å². The molecule has 0 spiro atoms. The minimum absolute atomic E-state index is 0.159. The molecule has 3 heteroatoms. The van der Waals surface area contributed by atoms with Crippen LogP contribution in [0.1, 0.15) is 26.3 Å². The predicted octanol–water partition coefficient (Wildman–Crippen LogP) is 4.54. The zero-order valence-corrected chi connectivity index (χ0v) is 12.7. The Labute approximate surface area is 117 Å². The molecular weight excluding hydrogens is 260 g/mol. The van der Waals surface area contributed by atoms with Crippen molar-refractivity contribution in [1.29, 1.82) is 0 Å². The second kappa shape index (κ2) is 5.45. The molecule has 96 valence electrons. The number of hydrogen-bond donors (Lipinski definition) is 0. The smallest absolute Gasteiger partial charge is 0.147 e. The van der Waals surface area contributed by atoms with Gasteiger partial charge < -0.3 is 0 Å². The number of carbonyl (C=O) groups is 1. The van der Waals surface area contributed by atoms with Gasteiger partial charge in [0.05, 0.1) is 5.75 Å². The molecule has 2 aromatic rings. The van der Waals surface area contributed by atoms with Crippen molar-refractivity contribution in [3.8, 4) is 0 Å². The van der Waals surface area contributed by atoms with Gasteiger partial charge in [-0.1, -0.05) is 39.0 Å². The van der Waals surface area contributed by atoms with Crippen molar-refractivity contribution in [3.05, 3.63) is 35.2 Å². The molecule has 18 heavy (non-hydrogen) atoms. The van der Waals surface area contributed by atoms with Crippen molar-refractivity contribution in [2.75, 3.05) is 5.75 Å². The summed E-state index contributed by atoms with van der Waals surface area (Å²) >= 11 is 3.44. The third-order valence-corrected chi connectivity index (χ3v) is 4.96. The van der Waals surface area contributed by atoms with E-state index < -0.39 is 0 Å². The first kappa shape index (κ1) is 13.6. The lowest BCUT2D eigenvalue weighted by molar-refractivity contribution is -0.115. The summed E-state index contributed by atoms with van der Waals surface area (Å²) in [5.41, 5.74) is 1.18. The normalized spacial score (nSPS) is 11.9. The van der Waals surface area contributed by atoms with Crippen LogP contribution in [0.2, 0.25) is 0 Å². The molecule has 0 saturated carbocycles. The van der Waals surface area contributed by atoms with Gasteiger partial charge in [0.2, 0.25) is 0 Å². The van der Waals surface area contributed by atoms with E-state index in [-0.39, 0.29) is 4.75 Å². The molecule has 0 aliphatic heterocycles. The lowest BCUT2D eigenvalue weighted by Crippen LogP contribution is -2.14. The van der Waals surface area contributed by atoms with Crippen LogP contribution < -0.4 is 0 Å². The monoisotopic (exact) mass is 278 g/mol. The Morgan fingerprint density at radius 2 is 2.00 bits per heavy atom. The molecule has 0 atom stereocenters. The Hall–Kier alpha value is -0.800. The summed E-state index contributed by atoms with van der Waals surface area (Å²) in [6.45, 7) is 6.43. The number of carbonyl (C=O) groups excluding carboxylic acids is 1. The topological polar surface area (TPSA) is 17.1 Å². The number of thiophene rings is 1. The summed E-state index contributed by atoms with van der Waals surface area (Å²) in [6, 6.07) is 8.29. The van der Waals surface area contributed by atoms with E-state index in [0.717, 1.165) is 0 Å². The Morgan fingerprint density at radius 3 is 2.72 bits per heavy atom. The Kier molecular flexibility index (Phi) is 4.13. The maximum absolute atomic E-state index is 12.0. The molecular formula is C15H18OS2. The van der Waals surface area contributed by atoms with Crippen molar-refractivity contribution in [2.45, 2.75) is 31.9 Å². The fourth-order valence-corrected chi connectivity index (χ4v) is 3.39. The van der Waals surface area contributed by atoms with Crippen LogP contribution >= 0.6 is 23.1 Å². The number of thioether (sulfide) groups is 1. The molecule has 0 aliphatic carbocycles. The largest absolute Gasteiger partial charge is 0.298 e. The second-order valence-electron chi connectivity index (χ2n) is 5.37. The third kappa shape index (κ3) is 3.59. The van der Waals surface area contributed by atoms with E-state index in [2.05, 4.69) is 38.3 Å². The molecule has 0 aliphatic rings. The zero-order valence-electron chi connectivity index (χ0n) is 11.0. The number of ketones is 1. The Morgan fingerprint density at radius 1 is 1.28 bits per heavy atom. The quantitative estimate of drug-likeness (QED) is 0.816. The van der Waals surface area contributed by atoms with Crippen LogP contribution in [-0.4, -0.2) is 16.3 Å². The molecule has 0 bridgehead atoms. The molecule has 1 aromatic carbocycles. The van der Waals surface area contributed by atoms with Crippen LogP contribution in [0.4, 0.5) is 0 Å². The van der Waals surface area contributed by atoms with Gasteiger partial charge in [0.1, 0.15) is 5.78 Å². The van der Waals surface area contributed by atoms with Crippen molar-refractivity contribution >= 4 is 39.0 Å². The fraction of sp³-hybridized carbons (Fsp3) is 0.400. The summed E-state index contributed by atoms with van der Waals surface area (Å²) in [5.74, 6) is 0.923. The van der Waals surface area contributed by atoms with Crippen LogP contribution in [0.5, 0.6) is 0 Å². The van der Waals surface area contributed by atoms with Gasteiger partial charge >= 0.3 is 0 Å². The first-order chi connectivity index (χ1) is 8.46. The third-order valence-electron chi connectivity index (χ3n) is 2.61. The SMILES string of the molecule is CC(C)(C)SCC(=O)Cc1csc2ccccc12. The fourth-order valence-electron chi connectivity index (χ4n) is 1.73. The van der Waals surface area contributed by atoms with Crippen molar-refractivity contribution < 1.29 is 4.79 Å². The summed E-state index contributed by atoms with van der Waals surface area (Å²) in [7, 11) is 0. The summed E-state index contributed by atoms with van der Waals surface area (Å²) in [4.78, 5) is 12.0. The lowest BCUT2D eigenvalue weighted by Gasteiger charge is -2.16.